The summed E-state index contributed by atoms with van der Waals surface area (Å²) < 4.78 is 11.5. The maximum atomic E-state index is 12.0. The van der Waals surface area contributed by atoms with Crippen molar-refractivity contribution in [1.82, 2.24) is 4.98 Å². The zero-order valence-electron chi connectivity index (χ0n) is 16.5. The number of anilines is 1. The monoisotopic (exact) mass is 382 g/mol. The Kier molecular flexibility index (Phi) is 4.75. The summed E-state index contributed by atoms with van der Waals surface area (Å²) in [5.41, 5.74) is 0.706. The van der Waals surface area contributed by atoms with Gasteiger partial charge in [0.1, 0.15) is 11.6 Å². The van der Waals surface area contributed by atoms with Gasteiger partial charge in [0.25, 0.3) is 0 Å². The molecule has 0 amide bonds. The van der Waals surface area contributed by atoms with Crippen LogP contribution in [-0.4, -0.2) is 42.4 Å². The van der Waals surface area contributed by atoms with E-state index < -0.39 is 11.4 Å². The van der Waals surface area contributed by atoms with E-state index in [4.69, 9.17) is 14.5 Å². The van der Waals surface area contributed by atoms with Gasteiger partial charge in [-0.05, 0) is 44.9 Å². The molecule has 2 atom stereocenters. The van der Waals surface area contributed by atoms with E-state index in [2.05, 4.69) is 4.90 Å². The third-order valence-corrected chi connectivity index (χ3v) is 5.93. The zero-order valence-corrected chi connectivity index (χ0v) is 16.5. The molecule has 1 saturated heterocycles. The average Bonchev–Trinajstić information content (AvgIpc) is 3.14. The summed E-state index contributed by atoms with van der Waals surface area (Å²) in [5, 5.41) is 9.88. The van der Waals surface area contributed by atoms with Crippen LogP contribution in [0.15, 0.2) is 36.4 Å². The standard InChI is InChI=1S/C22H26N2O4/c1-22(2,21(25)26)19-15-8-4-5-9-17(15)28-20-16(19)10-11-18(23-20)24-12-6-7-14(24)13-27-3/h4-5,8-11,14,19H,6-7,12-13H2,1-3H3,(H,25,26)/t14-,19-/m0/s1. The van der Waals surface area contributed by atoms with E-state index in [1.807, 2.05) is 36.4 Å². The number of para-hydroxylation sites is 1. The lowest BCUT2D eigenvalue weighted by molar-refractivity contribution is -0.147. The summed E-state index contributed by atoms with van der Waals surface area (Å²) in [5.74, 6) is 0.848. The SMILES string of the molecule is COC[C@@H]1CCCN1c1ccc2c(n1)Oc1ccccc1[C@@H]2C(C)(C)C(=O)O. The number of carbonyl (C=O) groups is 1. The van der Waals surface area contributed by atoms with Crippen LogP contribution in [0.25, 0.3) is 0 Å². The second-order valence-electron chi connectivity index (χ2n) is 8.11. The normalized spacial score (nSPS) is 21.0. The smallest absolute Gasteiger partial charge is 0.310 e. The number of ether oxygens (including phenoxy) is 2. The molecule has 2 aliphatic heterocycles. The molecule has 3 heterocycles. The van der Waals surface area contributed by atoms with Crippen LogP contribution >= 0.6 is 0 Å². The van der Waals surface area contributed by atoms with Crippen LogP contribution in [0.4, 0.5) is 5.82 Å². The highest BCUT2D eigenvalue weighted by atomic mass is 16.5. The van der Waals surface area contributed by atoms with Crippen molar-refractivity contribution in [1.29, 1.82) is 0 Å². The van der Waals surface area contributed by atoms with E-state index in [-0.39, 0.29) is 5.92 Å². The summed E-state index contributed by atoms with van der Waals surface area (Å²) in [6.45, 7) is 5.11. The van der Waals surface area contributed by atoms with Crippen LogP contribution in [0.2, 0.25) is 0 Å². The first-order chi connectivity index (χ1) is 13.4. The minimum Gasteiger partial charge on any atom is -0.481 e. The maximum absolute atomic E-state index is 12.0. The molecule has 0 bridgehead atoms. The third-order valence-electron chi connectivity index (χ3n) is 5.93. The number of hydrogen-bond acceptors (Lipinski definition) is 5. The van der Waals surface area contributed by atoms with Crippen molar-refractivity contribution in [2.45, 2.75) is 38.6 Å². The molecule has 4 rings (SSSR count). The average molecular weight is 382 g/mol. The van der Waals surface area contributed by atoms with Crippen molar-refractivity contribution >= 4 is 11.8 Å². The Morgan fingerprint density at radius 3 is 2.82 bits per heavy atom. The minimum atomic E-state index is -0.996. The van der Waals surface area contributed by atoms with Gasteiger partial charge in [-0.15, -0.1) is 0 Å². The predicted octanol–water partition coefficient (Wildman–Crippen LogP) is 4.05. The molecule has 148 valence electrons. The van der Waals surface area contributed by atoms with Gasteiger partial charge in [-0.25, -0.2) is 0 Å². The quantitative estimate of drug-likeness (QED) is 0.841. The van der Waals surface area contributed by atoms with Crippen LogP contribution in [0.1, 0.15) is 43.7 Å². The molecule has 1 aromatic carbocycles. The van der Waals surface area contributed by atoms with Gasteiger partial charge < -0.3 is 19.5 Å². The van der Waals surface area contributed by atoms with E-state index in [0.29, 0.717) is 24.3 Å². The number of aliphatic carboxylic acids is 1. The fraction of sp³-hybridized carbons (Fsp3) is 0.455. The first kappa shape index (κ1) is 18.7. The lowest BCUT2D eigenvalue weighted by Crippen LogP contribution is -2.35. The molecular formula is C22H26N2O4. The summed E-state index contributed by atoms with van der Waals surface area (Å²) >= 11 is 0. The second-order valence-corrected chi connectivity index (χ2v) is 8.11. The van der Waals surface area contributed by atoms with E-state index >= 15 is 0 Å². The molecule has 0 radical (unpaired) electrons. The number of methoxy groups -OCH3 is 1. The van der Waals surface area contributed by atoms with Gasteiger partial charge in [-0.3, -0.25) is 4.79 Å². The summed E-state index contributed by atoms with van der Waals surface area (Å²) in [6, 6.07) is 11.9. The second kappa shape index (κ2) is 7.09. The zero-order chi connectivity index (χ0) is 19.9. The lowest BCUT2D eigenvalue weighted by Gasteiger charge is -2.36. The van der Waals surface area contributed by atoms with Crippen LogP contribution in [0.5, 0.6) is 11.6 Å². The minimum absolute atomic E-state index is 0.303. The van der Waals surface area contributed by atoms with Gasteiger partial charge in [-0.2, -0.15) is 4.98 Å². The van der Waals surface area contributed by atoms with Gasteiger partial charge in [0.05, 0.1) is 18.1 Å². The molecule has 0 aliphatic carbocycles. The molecule has 0 unspecified atom stereocenters. The van der Waals surface area contributed by atoms with Gasteiger partial charge in [-0.1, -0.05) is 18.2 Å². The molecular weight excluding hydrogens is 356 g/mol. The van der Waals surface area contributed by atoms with Crippen molar-refractivity contribution in [3.8, 4) is 11.6 Å². The number of carboxylic acids is 1. The fourth-order valence-electron chi connectivity index (χ4n) is 4.39. The van der Waals surface area contributed by atoms with Crippen molar-refractivity contribution in [3.05, 3.63) is 47.5 Å². The number of carboxylic acid groups (broad SMARTS) is 1. The van der Waals surface area contributed by atoms with Crippen molar-refractivity contribution < 1.29 is 19.4 Å². The number of fused-ring (bicyclic) bond motifs is 2. The van der Waals surface area contributed by atoms with Crippen LogP contribution in [0.3, 0.4) is 0 Å². The largest absolute Gasteiger partial charge is 0.481 e. The molecule has 1 aromatic heterocycles. The Balaban J connectivity index is 1.78. The van der Waals surface area contributed by atoms with Gasteiger partial charge in [0.15, 0.2) is 0 Å². The Bertz CT molecular complexity index is 896. The van der Waals surface area contributed by atoms with E-state index in [0.717, 1.165) is 36.3 Å². The summed E-state index contributed by atoms with van der Waals surface area (Å²) in [4.78, 5) is 19.1. The van der Waals surface area contributed by atoms with Crippen LogP contribution < -0.4 is 9.64 Å². The molecule has 1 fully saturated rings. The van der Waals surface area contributed by atoms with Crippen LogP contribution in [0, 0.1) is 5.41 Å². The predicted molar refractivity (Wildman–Crippen MR) is 106 cm³/mol. The highest BCUT2D eigenvalue weighted by Gasteiger charge is 2.44. The fourth-order valence-corrected chi connectivity index (χ4v) is 4.39. The summed E-state index contributed by atoms with van der Waals surface area (Å²) in [7, 11) is 1.72. The Labute approximate surface area is 165 Å². The number of benzene rings is 1. The number of aromatic nitrogens is 1. The maximum Gasteiger partial charge on any atom is 0.310 e. The Hall–Kier alpha value is -2.60. The molecule has 0 saturated carbocycles. The third kappa shape index (κ3) is 3.02. The lowest BCUT2D eigenvalue weighted by atomic mass is 9.70. The topological polar surface area (TPSA) is 71.9 Å². The van der Waals surface area contributed by atoms with E-state index in [9.17, 15) is 9.90 Å². The van der Waals surface area contributed by atoms with Crippen LogP contribution in [-0.2, 0) is 9.53 Å². The molecule has 1 N–H and O–H groups in total. The molecule has 2 aromatic rings. The highest BCUT2D eigenvalue weighted by molar-refractivity contribution is 5.77. The molecule has 28 heavy (non-hydrogen) atoms. The van der Waals surface area contributed by atoms with Gasteiger partial charge in [0.2, 0.25) is 5.88 Å². The molecule has 6 heteroatoms. The van der Waals surface area contributed by atoms with E-state index in [1.165, 1.54) is 0 Å². The van der Waals surface area contributed by atoms with Gasteiger partial charge in [0, 0.05) is 30.7 Å². The van der Waals surface area contributed by atoms with Crippen molar-refractivity contribution in [2.75, 3.05) is 25.2 Å². The van der Waals surface area contributed by atoms with Crippen molar-refractivity contribution in [3.63, 3.8) is 0 Å². The number of pyridine rings is 1. The molecule has 0 spiro atoms. The molecule has 6 nitrogen and oxygen atoms in total. The van der Waals surface area contributed by atoms with Gasteiger partial charge >= 0.3 is 5.97 Å². The highest BCUT2D eigenvalue weighted by Crippen LogP contribution is 2.51. The van der Waals surface area contributed by atoms with E-state index in [1.54, 1.807) is 21.0 Å². The summed E-state index contributed by atoms with van der Waals surface area (Å²) in [6.07, 6.45) is 2.18. The number of hydrogen-bond donors (Lipinski definition) is 1. The first-order valence-electron chi connectivity index (χ1n) is 9.70. The Morgan fingerprint density at radius 2 is 2.07 bits per heavy atom. The Morgan fingerprint density at radius 1 is 1.29 bits per heavy atom. The van der Waals surface area contributed by atoms with Crippen molar-refractivity contribution in [2.24, 2.45) is 5.41 Å². The first-order valence-corrected chi connectivity index (χ1v) is 9.70. The molecule has 2 aliphatic rings. The number of rotatable bonds is 5. The number of nitrogens with zero attached hydrogens (tertiary/aromatic N) is 2.